The number of allylic oxidation sites excluding steroid dienone is 2. The van der Waals surface area contributed by atoms with Crippen molar-refractivity contribution in [2.24, 2.45) is 5.92 Å². The Kier molecular flexibility index (Phi) is 3.39. The van der Waals surface area contributed by atoms with E-state index in [-0.39, 0.29) is 11.7 Å². The predicted octanol–water partition coefficient (Wildman–Crippen LogP) is 3.52. The maximum atomic E-state index is 13.0. The lowest BCUT2D eigenvalue weighted by Crippen LogP contribution is -2.15. The van der Waals surface area contributed by atoms with Gasteiger partial charge in [-0.3, -0.25) is 0 Å². The van der Waals surface area contributed by atoms with Gasteiger partial charge in [0.25, 0.3) is 0 Å². The van der Waals surface area contributed by atoms with Crippen LogP contribution in [0.2, 0.25) is 0 Å². The van der Waals surface area contributed by atoms with E-state index in [1.165, 1.54) is 12.1 Å². The lowest BCUT2D eigenvalue weighted by molar-refractivity contribution is 0.102. The molecular weight excluding hydrogens is 203 g/mol. The van der Waals surface area contributed by atoms with Crippen LogP contribution in [-0.4, -0.2) is 5.11 Å². The first-order valence-corrected chi connectivity index (χ1v) is 5.77. The van der Waals surface area contributed by atoms with Crippen molar-refractivity contribution in [3.05, 3.63) is 47.3 Å². The fraction of sp³-hybridized carbons (Fsp3) is 0.429. The first-order valence-electron chi connectivity index (χ1n) is 5.77. The van der Waals surface area contributed by atoms with Crippen LogP contribution >= 0.6 is 0 Å². The SMILES string of the molecule is Cc1cc(F)ccc1C(O)C1CC=CCC1. The third kappa shape index (κ3) is 2.33. The Hall–Kier alpha value is -1.15. The average molecular weight is 220 g/mol. The number of benzene rings is 1. The van der Waals surface area contributed by atoms with E-state index in [0.717, 1.165) is 30.4 Å². The molecule has 0 amide bonds. The Labute approximate surface area is 95.6 Å². The smallest absolute Gasteiger partial charge is 0.123 e. The average Bonchev–Trinajstić information content (AvgIpc) is 2.29. The highest BCUT2D eigenvalue weighted by atomic mass is 19.1. The van der Waals surface area contributed by atoms with Crippen LogP contribution in [0, 0.1) is 18.7 Å². The van der Waals surface area contributed by atoms with E-state index in [1.807, 2.05) is 6.92 Å². The van der Waals surface area contributed by atoms with Gasteiger partial charge in [-0.25, -0.2) is 4.39 Å². The molecule has 1 aliphatic rings. The zero-order valence-electron chi connectivity index (χ0n) is 9.49. The first kappa shape index (κ1) is 11.3. The monoisotopic (exact) mass is 220 g/mol. The molecule has 1 nitrogen and oxygen atoms in total. The molecule has 2 atom stereocenters. The molecule has 2 heteroatoms. The maximum Gasteiger partial charge on any atom is 0.123 e. The number of aliphatic hydroxyl groups is 1. The highest BCUT2D eigenvalue weighted by molar-refractivity contribution is 5.29. The van der Waals surface area contributed by atoms with Crippen LogP contribution in [0.1, 0.15) is 36.5 Å². The summed E-state index contributed by atoms with van der Waals surface area (Å²) in [6.07, 6.45) is 6.76. The Balaban J connectivity index is 2.19. The van der Waals surface area contributed by atoms with Crippen LogP contribution in [0.3, 0.4) is 0 Å². The lowest BCUT2D eigenvalue weighted by Gasteiger charge is -2.25. The number of hydrogen-bond donors (Lipinski definition) is 1. The summed E-state index contributed by atoms with van der Waals surface area (Å²) in [5.74, 6) is 0.0335. The highest BCUT2D eigenvalue weighted by Crippen LogP contribution is 2.33. The van der Waals surface area contributed by atoms with E-state index in [4.69, 9.17) is 0 Å². The molecule has 2 rings (SSSR count). The molecule has 0 fully saturated rings. The fourth-order valence-electron chi connectivity index (χ4n) is 2.33. The Morgan fingerprint density at radius 2 is 2.19 bits per heavy atom. The Morgan fingerprint density at radius 3 is 2.81 bits per heavy atom. The summed E-state index contributed by atoms with van der Waals surface area (Å²) in [4.78, 5) is 0. The van der Waals surface area contributed by atoms with E-state index < -0.39 is 6.10 Å². The van der Waals surface area contributed by atoms with Crippen molar-refractivity contribution in [2.75, 3.05) is 0 Å². The van der Waals surface area contributed by atoms with Gasteiger partial charge >= 0.3 is 0 Å². The van der Waals surface area contributed by atoms with Crippen molar-refractivity contribution in [1.29, 1.82) is 0 Å². The second-order valence-corrected chi connectivity index (χ2v) is 4.49. The standard InChI is InChI=1S/C14H17FO/c1-10-9-12(15)7-8-13(10)14(16)11-5-3-2-4-6-11/h2-3,7-9,11,14,16H,4-6H2,1H3. The van der Waals surface area contributed by atoms with E-state index in [9.17, 15) is 9.50 Å². The molecule has 0 bridgehead atoms. The minimum absolute atomic E-state index is 0.239. The van der Waals surface area contributed by atoms with Gasteiger partial charge in [-0.15, -0.1) is 0 Å². The highest BCUT2D eigenvalue weighted by Gasteiger charge is 2.22. The molecule has 0 aliphatic heterocycles. The summed E-state index contributed by atoms with van der Waals surface area (Å²) in [6.45, 7) is 1.85. The molecule has 1 aliphatic carbocycles. The number of aryl methyl sites for hydroxylation is 1. The summed E-state index contributed by atoms with van der Waals surface area (Å²) in [6, 6.07) is 4.61. The van der Waals surface area contributed by atoms with E-state index in [1.54, 1.807) is 6.07 Å². The molecular formula is C14H17FO. The molecule has 0 radical (unpaired) electrons. The molecule has 1 aromatic rings. The molecule has 2 unspecified atom stereocenters. The van der Waals surface area contributed by atoms with Gasteiger partial charge < -0.3 is 5.11 Å². The molecule has 0 spiro atoms. The third-order valence-electron chi connectivity index (χ3n) is 3.31. The predicted molar refractivity (Wildman–Crippen MR) is 62.6 cm³/mol. The Bertz CT molecular complexity index is 398. The van der Waals surface area contributed by atoms with Crippen molar-refractivity contribution < 1.29 is 9.50 Å². The minimum Gasteiger partial charge on any atom is -0.388 e. The summed E-state index contributed by atoms with van der Waals surface area (Å²) in [5.41, 5.74) is 1.70. The molecule has 0 saturated carbocycles. The van der Waals surface area contributed by atoms with E-state index in [0.29, 0.717) is 0 Å². The van der Waals surface area contributed by atoms with Gasteiger partial charge in [-0.1, -0.05) is 18.2 Å². The summed E-state index contributed by atoms with van der Waals surface area (Å²) < 4.78 is 13.0. The molecule has 16 heavy (non-hydrogen) atoms. The number of hydrogen-bond acceptors (Lipinski definition) is 1. The van der Waals surface area contributed by atoms with Crippen molar-refractivity contribution in [3.63, 3.8) is 0 Å². The summed E-state index contributed by atoms with van der Waals surface area (Å²) in [5, 5.41) is 10.3. The van der Waals surface area contributed by atoms with Crippen LogP contribution in [0.5, 0.6) is 0 Å². The first-order chi connectivity index (χ1) is 7.68. The number of aliphatic hydroxyl groups excluding tert-OH is 1. The van der Waals surface area contributed by atoms with Crippen LogP contribution in [-0.2, 0) is 0 Å². The van der Waals surface area contributed by atoms with Gasteiger partial charge in [0.2, 0.25) is 0 Å². The summed E-state index contributed by atoms with van der Waals surface area (Å²) >= 11 is 0. The molecule has 0 saturated heterocycles. The van der Waals surface area contributed by atoms with Gasteiger partial charge in [-0.05, 0) is 55.4 Å². The van der Waals surface area contributed by atoms with Gasteiger partial charge in [-0.2, -0.15) is 0 Å². The van der Waals surface area contributed by atoms with E-state index in [2.05, 4.69) is 12.2 Å². The zero-order valence-corrected chi connectivity index (χ0v) is 9.49. The number of halogens is 1. The van der Waals surface area contributed by atoms with Gasteiger partial charge in [0.15, 0.2) is 0 Å². The van der Waals surface area contributed by atoms with Crippen molar-refractivity contribution in [3.8, 4) is 0 Å². The maximum absolute atomic E-state index is 13.0. The van der Waals surface area contributed by atoms with Gasteiger partial charge in [0.05, 0.1) is 6.10 Å². The molecule has 1 aromatic carbocycles. The molecule has 86 valence electrons. The Morgan fingerprint density at radius 1 is 1.38 bits per heavy atom. The second kappa shape index (κ2) is 4.79. The third-order valence-corrected chi connectivity index (χ3v) is 3.31. The fourth-order valence-corrected chi connectivity index (χ4v) is 2.33. The van der Waals surface area contributed by atoms with Crippen molar-refractivity contribution in [2.45, 2.75) is 32.3 Å². The molecule has 0 aromatic heterocycles. The normalized spacial score (nSPS) is 22.1. The molecule has 0 heterocycles. The van der Waals surface area contributed by atoms with Crippen LogP contribution < -0.4 is 0 Å². The summed E-state index contributed by atoms with van der Waals surface area (Å²) in [7, 11) is 0. The quantitative estimate of drug-likeness (QED) is 0.756. The topological polar surface area (TPSA) is 20.2 Å². The van der Waals surface area contributed by atoms with E-state index >= 15 is 0 Å². The van der Waals surface area contributed by atoms with Crippen LogP contribution in [0.15, 0.2) is 30.4 Å². The zero-order chi connectivity index (χ0) is 11.5. The van der Waals surface area contributed by atoms with Gasteiger partial charge in [0.1, 0.15) is 5.82 Å². The minimum atomic E-state index is -0.467. The largest absolute Gasteiger partial charge is 0.388 e. The van der Waals surface area contributed by atoms with Crippen molar-refractivity contribution in [1.82, 2.24) is 0 Å². The van der Waals surface area contributed by atoms with Crippen LogP contribution in [0.25, 0.3) is 0 Å². The molecule has 1 N–H and O–H groups in total. The lowest BCUT2D eigenvalue weighted by atomic mass is 9.85. The second-order valence-electron chi connectivity index (χ2n) is 4.49. The van der Waals surface area contributed by atoms with Gasteiger partial charge in [0, 0.05) is 0 Å². The van der Waals surface area contributed by atoms with Crippen molar-refractivity contribution >= 4 is 0 Å². The number of rotatable bonds is 2. The van der Waals surface area contributed by atoms with Crippen LogP contribution in [0.4, 0.5) is 4.39 Å².